The molecule has 1 atom stereocenters. The van der Waals surface area contributed by atoms with Gasteiger partial charge >= 0.3 is 5.97 Å². The number of unbranched alkanes of at least 4 members (excludes halogenated alkanes) is 1. The van der Waals surface area contributed by atoms with Gasteiger partial charge in [-0.05, 0) is 20.3 Å². The fourth-order valence-electron chi connectivity index (χ4n) is 2.16. The molecule has 8 heteroatoms. The number of nitrogens with zero attached hydrogens (tertiary/aromatic N) is 3. The summed E-state index contributed by atoms with van der Waals surface area (Å²) in [6.07, 6.45) is 2.07. The number of fused-ring (bicyclic) bond motifs is 1. The van der Waals surface area contributed by atoms with E-state index in [1.807, 2.05) is 13.8 Å². The molecule has 0 spiro atoms. The standard InChI is InChI=1S/C13H18N4O3S/c1-4-5-6-9(12(19)20)14-11(18)10-7(2)17-8(3)15-16-13(17)21-10/h9H,4-6H2,1-3H3,(H,14,18)(H,19,20). The first-order chi connectivity index (χ1) is 9.95. The van der Waals surface area contributed by atoms with Gasteiger partial charge in [-0.15, -0.1) is 10.2 Å². The lowest BCUT2D eigenvalue weighted by atomic mass is 10.1. The van der Waals surface area contributed by atoms with Gasteiger partial charge in [-0.1, -0.05) is 31.1 Å². The molecule has 0 fully saturated rings. The molecule has 0 radical (unpaired) electrons. The van der Waals surface area contributed by atoms with E-state index in [1.165, 1.54) is 11.3 Å². The van der Waals surface area contributed by atoms with Crippen molar-refractivity contribution in [2.24, 2.45) is 0 Å². The summed E-state index contributed by atoms with van der Waals surface area (Å²) in [4.78, 5) is 24.6. The van der Waals surface area contributed by atoms with Crippen LogP contribution < -0.4 is 5.32 Å². The minimum absolute atomic E-state index is 0.370. The van der Waals surface area contributed by atoms with Gasteiger partial charge in [0.15, 0.2) is 0 Å². The molecule has 1 amide bonds. The maximum Gasteiger partial charge on any atom is 0.326 e. The Kier molecular flexibility index (Phi) is 4.56. The summed E-state index contributed by atoms with van der Waals surface area (Å²) in [7, 11) is 0. The van der Waals surface area contributed by atoms with Crippen LogP contribution in [0.25, 0.3) is 4.96 Å². The van der Waals surface area contributed by atoms with Gasteiger partial charge in [-0.2, -0.15) is 0 Å². The zero-order chi connectivity index (χ0) is 15.6. The Hall–Kier alpha value is -1.96. The smallest absolute Gasteiger partial charge is 0.326 e. The molecule has 7 nitrogen and oxygen atoms in total. The molecule has 2 rings (SSSR count). The summed E-state index contributed by atoms with van der Waals surface area (Å²) in [6.45, 7) is 5.59. The topological polar surface area (TPSA) is 96.6 Å². The normalized spacial score (nSPS) is 12.5. The number of aliphatic carboxylic acids is 1. The Morgan fingerprint density at radius 1 is 1.38 bits per heavy atom. The number of aryl methyl sites for hydroxylation is 2. The number of carbonyl (C=O) groups excluding carboxylic acids is 1. The number of carboxylic acid groups (broad SMARTS) is 1. The van der Waals surface area contributed by atoms with E-state index < -0.39 is 12.0 Å². The highest BCUT2D eigenvalue weighted by Gasteiger charge is 2.24. The molecule has 21 heavy (non-hydrogen) atoms. The molecule has 1 unspecified atom stereocenters. The average Bonchev–Trinajstić information content (AvgIpc) is 2.95. The van der Waals surface area contributed by atoms with E-state index >= 15 is 0 Å². The molecule has 0 saturated heterocycles. The van der Waals surface area contributed by atoms with Gasteiger partial charge in [-0.3, -0.25) is 9.20 Å². The highest BCUT2D eigenvalue weighted by molar-refractivity contribution is 7.19. The quantitative estimate of drug-likeness (QED) is 0.847. The lowest BCUT2D eigenvalue weighted by Gasteiger charge is -2.13. The highest BCUT2D eigenvalue weighted by atomic mass is 32.1. The molecule has 2 N–H and O–H groups in total. The minimum Gasteiger partial charge on any atom is -0.480 e. The largest absolute Gasteiger partial charge is 0.480 e. The van der Waals surface area contributed by atoms with Crippen LogP contribution in [0.5, 0.6) is 0 Å². The summed E-state index contributed by atoms with van der Waals surface area (Å²) in [6, 6.07) is -0.856. The second-order valence-corrected chi connectivity index (χ2v) is 5.87. The van der Waals surface area contributed by atoms with Crippen LogP contribution in [0.15, 0.2) is 0 Å². The Morgan fingerprint density at radius 3 is 2.67 bits per heavy atom. The summed E-state index contributed by atoms with van der Waals surface area (Å²) in [5.74, 6) is -0.668. The maximum atomic E-state index is 12.3. The van der Waals surface area contributed by atoms with Gasteiger partial charge in [0.25, 0.3) is 5.91 Å². The van der Waals surface area contributed by atoms with Crippen molar-refractivity contribution in [3.63, 3.8) is 0 Å². The molecule has 0 aliphatic heterocycles. The van der Waals surface area contributed by atoms with Crippen LogP contribution in [-0.2, 0) is 4.79 Å². The third kappa shape index (κ3) is 3.05. The van der Waals surface area contributed by atoms with E-state index in [-0.39, 0.29) is 5.91 Å². The van der Waals surface area contributed by atoms with Gasteiger partial charge in [0.2, 0.25) is 4.96 Å². The number of nitrogens with one attached hydrogen (secondary N) is 1. The number of amides is 1. The van der Waals surface area contributed by atoms with E-state index in [2.05, 4.69) is 15.5 Å². The Bertz CT molecular complexity index is 676. The van der Waals surface area contributed by atoms with Gasteiger partial charge in [0.05, 0.1) is 0 Å². The summed E-state index contributed by atoms with van der Waals surface area (Å²) >= 11 is 1.21. The molecule has 0 saturated carbocycles. The highest BCUT2D eigenvalue weighted by Crippen LogP contribution is 2.22. The number of rotatable bonds is 6. The van der Waals surface area contributed by atoms with Gasteiger partial charge in [-0.25, -0.2) is 4.79 Å². The van der Waals surface area contributed by atoms with E-state index in [9.17, 15) is 14.7 Å². The molecular weight excluding hydrogens is 292 g/mol. The van der Waals surface area contributed by atoms with Gasteiger partial charge in [0, 0.05) is 5.69 Å². The lowest BCUT2D eigenvalue weighted by molar-refractivity contribution is -0.139. The van der Waals surface area contributed by atoms with E-state index in [4.69, 9.17) is 0 Å². The number of hydrogen-bond acceptors (Lipinski definition) is 5. The van der Waals surface area contributed by atoms with Gasteiger partial charge < -0.3 is 10.4 Å². The first-order valence-electron chi connectivity index (χ1n) is 6.80. The molecule has 0 aromatic carbocycles. The molecule has 2 heterocycles. The summed E-state index contributed by atoms with van der Waals surface area (Å²) in [5, 5.41) is 19.7. The Labute approximate surface area is 126 Å². The van der Waals surface area contributed by atoms with E-state index in [0.29, 0.717) is 22.1 Å². The second kappa shape index (κ2) is 6.21. The number of hydrogen-bond donors (Lipinski definition) is 2. The van der Waals surface area contributed by atoms with Crippen molar-refractivity contribution in [3.05, 3.63) is 16.4 Å². The molecule has 2 aromatic heterocycles. The zero-order valence-electron chi connectivity index (χ0n) is 12.2. The second-order valence-electron chi connectivity index (χ2n) is 4.89. The maximum absolute atomic E-state index is 12.3. The first kappa shape index (κ1) is 15.4. The molecule has 2 aromatic rings. The van der Waals surface area contributed by atoms with Crippen LogP contribution >= 0.6 is 11.3 Å². The average molecular weight is 310 g/mol. The van der Waals surface area contributed by atoms with Crippen LogP contribution in [0.4, 0.5) is 0 Å². The fourth-order valence-corrected chi connectivity index (χ4v) is 3.18. The molecule has 114 valence electrons. The first-order valence-corrected chi connectivity index (χ1v) is 7.62. The predicted octanol–water partition coefficient (Wildman–Crippen LogP) is 1.78. The Balaban J connectivity index is 2.21. The van der Waals surface area contributed by atoms with Crippen LogP contribution in [0.3, 0.4) is 0 Å². The summed E-state index contributed by atoms with van der Waals surface area (Å²) in [5.41, 5.74) is 0.731. The summed E-state index contributed by atoms with van der Waals surface area (Å²) < 4.78 is 1.79. The van der Waals surface area contributed by atoms with Crippen molar-refractivity contribution in [2.45, 2.75) is 46.1 Å². The number of carboxylic acids is 1. The minimum atomic E-state index is -1.01. The van der Waals surface area contributed by atoms with Crippen molar-refractivity contribution >= 4 is 28.2 Å². The number of carbonyl (C=O) groups is 2. The zero-order valence-corrected chi connectivity index (χ0v) is 13.0. The number of thiazole rings is 1. The molecule has 0 aliphatic rings. The third-order valence-corrected chi connectivity index (χ3v) is 4.44. The SMILES string of the molecule is CCCCC(NC(=O)c1sc2nnc(C)n2c1C)C(=O)O. The van der Waals surface area contributed by atoms with E-state index in [0.717, 1.165) is 18.5 Å². The monoisotopic (exact) mass is 310 g/mol. The predicted molar refractivity (Wildman–Crippen MR) is 78.8 cm³/mol. The Morgan fingerprint density at radius 2 is 2.10 bits per heavy atom. The van der Waals surface area contributed by atoms with Crippen LogP contribution in [0.1, 0.15) is 47.4 Å². The molecule has 0 aliphatic carbocycles. The molecule has 0 bridgehead atoms. The van der Waals surface area contributed by atoms with Gasteiger partial charge in [0.1, 0.15) is 16.7 Å². The van der Waals surface area contributed by atoms with E-state index in [1.54, 1.807) is 11.3 Å². The fraction of sp³-hybridized carbons (Fsp3) is 0.538. The van der Waals surface area contributed by atoms with Crippen molar-refractivity contribution in [3.8, 4) is 0 Å². The van der Waals surface area contributed by atoms with Crippen LogP contribution in [0.2, 0.25) is 0 Å². The van der Waals surface area contributed by atoms with Crippen molar-refractivity contribution < 1.29 is 14.7 Å². The van der Waals surface area contributed by atoms with Crippen molar-refractivity contribution in [1.82, 2.24) is 19.9 Å². The van der Waals surface area contributed by atoms with Crippen LogP contribution in [-0.4, -0.2) is 37.6 Å². The molecular formula is C13H18N4O3S. The van der Waals surface area contributed by atoms with Crippen LogP contribution in [0, 0.1) is 13.8 Å². The third-order valence-electron chi connectivity index (χ3n) is 3.31. The number of aromatic nitrogens is 3. The lowest BCUT2D eigenvalue weighted by Crippen LogP contribution is -2.40. The van der Waals surface area contributed by atoms with Crippen molar-refractivity contribution in [2.75, 3.05) is 0 Å². The van der Waals surface area contributed by atoms with Crippen molar-refractivity contribution in [1.29, 1.82) is 0 Å².